The molecule has 0 unspecified atom stereocenters. The number of benzene rings is 2. The first-order valence-electron chi connectivity index (χ1n) is 8.17. The zero-order chi connectivity index (χ0) is 16.6. The Morgan fingerprint density at radius 3 is 2.67 bits per heavy atom. The van der Waals surface area contributed by atoms with Crippen LogP contribution in [0.2, 0.25) is 5.02 Å². The molecule has 1 aliphatic rings. The Kier molecular flexibility index (Phi) is 5.91. The number of rotatable bonds is 7. The average molecular weight is 342 g/mol. The molecule has 0 saturated carbocycles. The summed E-state index contributed by atoms with van der Waals surface area (Å²) in [5.74, 6) is 0.728. The van der Waals surface area contributed by atoms with Crippen LogP contribution >= 0.6 is 11.6 Å². The molecule has 0 saturated heterocycles. The molecule has 0 bridgehead atoms. The second-order valence-electron chi connectivity index (χ2n) is 5.55. The van der Waals surface area contributed by atoms with Gasteiger partial charge in [-0.15, -0.1) is 0 Å². The summed E-state index contributed by atoms with van der Waals surface area (Å²) in [6.45, 7) is 1.20. The van der Waals surface area contributed by atoms with E-state index in [1.54, 1.807) is 0 Å². The van der Waals surface area contributed by atoms with Gasteiger partial charge in [0.15, 0.2) is 0 Å². The molecule has 0 heterocycles. The molecule has 0 fully saturated rings. The molecule has 3 nitrogen and oxygen atoms in total. The van der Waals surface area contributed by atoms with Crippen LogP contribution in [0.3, 0.4) is 0 Å². The number of hydrogen-bond acceptors (Lipinski definition) is 3. The molecular formula is C20H20ClNO2. The molecular weight excluding hydrogens is 322 g/mol. The van der Waals surface area contributed by atoms with Crippen molar-refractivity contribution in [1.29, 1.82) is 0 Å². The minimum atomic E-state index is 0.585. The van der Waals surface area contributed by atoms with Crippen LogP contribution in [0.1, 0.15) is 30.4 Å². The summed E-state index contributed by atoms with van der Waals surface area (Å²) in [6.07, 6.45) is 6.83. The molecule has 2 aromatic carbocycles. The second kappa shape index (κ2) is 8.55. The van der Waals surface area contributed by atoms with Gasteiger partial charge in [-0.3, -0.25) is 0 Å². The van der Waals surface area contributed by atoms with Crippen LogP contribution in [0.15, 0.2) is 59.8 Å². The van der Waals surface area contributed by atoms with Gasteiger partial charge in [0, 0.05) is 12.0 Å². The number of unbranched alkanes of at least 4 members (excludes halogenated alkanes) is 1. The topological polar surface area (TPSA) is 30.8 Å². The molecule has 0 aliphatic heterocycles. The maximum Gasteiger partial charge on any atom is 0.137 e. The fourth-order valence-electron chi connectivity index (χ4n) is 2.54. The lowest BCUT2D eigenvalue weighted by molar-refractivity contribution is 0.135. The van der Waals surface area contributed by atoms with E-state index in [-0.39, 0.29) is 0 Å². The van der Waals surface area contributed by atoms with Crippen molar-refractivity contribution in [2.75, 3.05) is 13.2 Å². The summed E-state index contributed by atoms with van der Waals surface area (Å²) in [5.41, 5.74) is 3.33. The number of allylic oxidation sites excluding steroid dienone is 1. The first kappa shape index (κ1) is 16.6. The molecule has 2 aromatic rings. The van der Waals surface area contributed by atoms with Crippen molar-refractivity contribution in [3.63, 3.8) is 0 Å². The van der Waals surface area contributed by atoms with Crippen molar-refractivity contribution in [3.05, 3.63) is 70.8 Å². The number of nitrogens with zero attached hydrogens (tertiary/aromatic N) is 1. The monoisotopic (exact) mass is 341 g/mol. The Morgan fingerprint density at radius 2 is 1.75 bits per heavy atom. The predicted molar refractivity (Wildman–Crippen MR) is 98.8 cm³/mol. The average Bonchev–Trinajstić information content (AvgIpc) is 2.62. The summed E-state index contributed by atoms with van der Waals surface area (Å²) in [7, 11) is 0. The maximum atomic E-state index is 6.04. The third kappa shape index (κ3) is 4.39. The van der Waals surface area contributed by atoms with Crippen LogP contribution in [0.25, 0.3) is 6.08 Å². The Hall–Kier alpha value is -2.26. The van der Waals surface area contributed by atoms with Crippen molar-refractivity contribution in [2.45, 2.75) is 19.3 Å². The normalized spacial score (nSPS) is 14.5. The van der Waals surface area contributed by atoms with Crippen LogP contribution in [-0.2, 0) is 4.84 Å². The smallest absolute Gasteiger partial charge is 0.137 e. The van der Waals surface area contributed by atoms with Crippen LogP contribution in [0.4, 0.5) is 0 Å². The molecule has 0 N–H and O–H groups in total. The van der Waals surface area contributed by atoms with Crippen molar-refractivity contribution >= 4 is 23.4 Å². The lowest BCUT2D eigenvalue weighted by Crippen LogP contribution is -2.07. The number of oxime groups is 1. The van der Waals surface area contributed by atoms with Gasteiger partial charge in [-0.05, 0) is 30.5 Å². The van der Waals surface area contributed by atoms with Crippen LogP contribution in [-0.4, -0.2) is 18.9 Å². The van der Waals surface area contributed by atoms with Crippen molar-refractivity contribution in [1.82, 2.24) is 0 Å². The van der Waals surface area contributed by atoms with Gasteiger partial charge < -0.3 is 9.57 Å². The molecule has 1 aliphatic carbocycles. The number of halogens is 1. The maximum absolute atomic E-state index is 6.04. The van der Waals surface area contributed by atoms with Crippen LogP contribution < -0.4 is 4.74 Å². The molecule has 0 aromatic heterocycles. The molecule has 24 heavy (non-hydrogen) atoms. The number of ether oxygens (including phenoxy) is 1. The van der Waals surface area contributed by atoms with E-state index in [9.17, 15) is 0 Å². The third-order valence-corrected chi connectivity index (χ3v) is 4.09. The van der Waals surface area contributed by atoms with E-state index in [1.165, 1.54) is 5.56 Å². The van der Waals surface area contributed by atoms with Gasteiger partial charge in [-0.1, -0.05) is 65.3 Å². The second-order valence-corrected chi connectivity index (χ2v) is 5.96. The minimum Gasteiger partial charge on any atom is -0.492 e. The van der Waals surface area contributed by atoms with E-state index in [0.717, 1.165) is 36.3 Å². The van der Waals surface area contributed by atoms with Crippen molar-refractivity contribution in [2.24, 2.45) is 5.16 Å². The zero-order valence-corrected chi connectivity index (χ0v) is 14.2. The Morgan fingerprint density at radius 1 is 0.958 bits per heavy atom. The van der Waals surface area contributed by atoms with E-state index >= 15 is 0 Å². The van der Waals surface area contributed by atoms with Gasteiger partial charge in [-0.2, -0.15) is 0 Å². The Labute approximate surface area is 147 Å². The number of hydrogen-bond donors (Lipinski definition) is 0. The first-order valence-corrected chi connectivity index (χ1v) is 8.54. The van der Waals surface area contributed by atoms with Gasteiger partial charge >= 0.3 is 0 Å². The molecule has 4 heteroatoms. The molecule has 3 rings (SSSR count). The molecule has 0 spiro atoms. The van der Waals surface area contributed by atoms with Gasteiger partial charge in [0.2, 0.25) is 0 Å². The van der Waals surface area contributed by atoms with E-state index in [0.29, 0.717) is 18.2 Å². The quantitative estimate of drug-likeness (QED) is 0.503. The standard InChI is InChI=1S/C20H20ClNO2/c21-18-11-3-4-13-20(18)23-14-5-6-15-24-22-19-12-7-9-16-8-1-2-10-17(16)19/h1-4,7-11,13H,5-6,12,14-15H2. The van der Waals surface area contributed by atoms with E-state index in [1.807, 2.05) is 36.4 Å². The van der Waals surface area contributed by atoms with Gasteiger partial charge in [-0.25, -0.2) is 0 Å². The summed E-state index contributed by atoms with van der Waals surface area (Å²) in [5, 5.41) is 4.94. The Bertz CT molecular complexity index is 740. The SMILES string of the molecule is Clc1ccccc1OCCCCON=C1CC=Cc2ccccc21. The fourth-order valence-corrected chi connectivity index (χ4v) is 2.73. The summed E-state index contributed by atoms with van der Waals surface area (Å²) in [4.78, 5) is 5.48. The largest absolute Gasteiger partial charge is 0.492 e. The van der Waals surface area contributed by atoms with Crippen LogP contribution in [0.5, 0.6) is 5.75 Å². The highest BCUT2D eigenvalue weighted by Crippen LogP contribution is 2.23. The Balaban J connectivity index is 1.39. The number of para-hydroxylation sites is 1. The lowest BCUT2D eigenvalue weighted by atomic mass is 9.96. The molecule has 0 radical (unpaired) electrons. The van der Waals surface area contributed by atoms with Crippen molar-refractivity contribution in [3.8, 4) is 5.75 Å². The van der Waals surface area contributed by atoms with E-state index in [4.69, 9.17) is 21.2 Å². The highest BCUT2D eigenvalue weighted by molar-refractivity contribution is 6.32. The number of fused-ring (bicyclic) bond motifs is 1. The molecule has 124 valence electrons. The summed E-state index contributed by atoms with van der Waals surface area (Å²) < 4.78 is 5.65. The van der Waals surface area contributed by atoms with Gasteiger partial charge in [0.05, 0.1) is 17.3 Å². The fraction of sp³-hybridized carbons (Fsp3) is 0.250. The minimum absolute atomic E-state index is 0.585. The molecule has 0 amide bonds. The van der Waals surface area contributed by atoms with Crippen LogP contribution in [0, 0.1) is 0 Å². The highest BCUT2D eigenvalue weighted by atomic mass is 35.5. The van der Waals surface area contributed by atoms with Crippen molar-refractivity contribution < 1.29 is 9.57 Å². The summed E-state index contributed by atoms with van der Waals surface area (Å²) >= 11 is 6.04. The first-order chi connectivity index (χ1) is 11.8. The third-order valence-electron chi connectivity index (χ3n) is 3.78. The predicted octanol–water partition coefficient (Wildman–Crippen LogP) is 5.34. The lowest BCUT2D eigenvalue weighted by Gasteiger charge is -2.12. The highest BCUT2D eigenvalue weighted by Gasteiger charge is 2.10. The summed E-state index contributed by atoms with van der Waals surface area (Å²) in [6, 6.07) is 15.7. The van der Waals surface area contributed by atoms with Gasteiger partial charge in [0.25, 0.3) is 0 Å². The van der Waals surface area contributed by atoms with E-state index < -0.39 is 0 Å². The van der Waals surface area contributed by atoms with E-state index in [2.05, 4.69) is 29.4 Å². The molecule has 0 atom stereocenters. The zero-order valence-electron chi connectivity index (χ0n) is 13.5. The van der Waals surface area contributed by atoms with Gasteiger partial charge in [0.1, 0.15) is 12.4 Å².